The molecule has 0 fully saturated rings. The highest BCUT2D eigenvalue weighted by molar-refractivity contribution is 7.92. The van der Waals surface area contributed by atoms with Gasteiger partial charge in [0.25, 0.3) is 5.91 Å². The average Bonchev–Trinajstić information content (AvgIpc) is 2.68. The Morgan fingerprint density at radius 2 is 1.62 bits per heavy atom. The van der Waals surface area contributed by atoms with Gasteiger partial charge in [0.1, 0.15) is 0 Å². The second kappa shape index (κ2) is 9.86. The van der Waals surface area contributed by atoms with Crippen LogP contribution in [0.1, 0.15) is 37.0 Å². The molecule has 0 aromatic heterocycles. The van der Waals surface area contributed by atoms with Gasteiger partial charge in [-0.25, -0.2) is 21.6 Å². The first kappa shape index (κ1) is 22.9. The quantitative estimate of drug-likeness (QED) is 0.492. The van der Waals surface area contributed by atoms with E-state index in [4.69, 9.17) is 0 Å². The van der Waals surface area contributed by atoms with E-state index in [1.165, 1.54) is 37.3 Å². The minimum Gasteiger partial charge on any atom is -0.322 e. The van der Waals surface area contributed by atoms with E-state index in [1.54, 1.807) is 18.2 Å². The van der Waals surface area contributed by atoms with E-state index in [1.807, 2.05) is 6.92 Å². The number of unbranched alkanes of at least 4 members (excludes halogenated alkanes) is 1. The molecule has 0 saturated heterocycles. The van der Waals surface area contributed by atoms with Crippen LogP contribution < -0.4 is 14.8 Å². The van der Waals surface area contributed by atoms with Crippen molar-refractivity contribution in [2.24, 2.45) is 0 Å². The van der Waals surface area contributed by atoms with Crippen LogP contribution in [-0.2, 0) is 20.0 Å². The fraction of sp³-hybridized carbons (Fsp3) is 0.316. The number of hydrogen-bond donors (Lipinski definition) is 3. The summed E-state index contributed by atoms with van der Waals surface area (Å²) in [6, 6.07) is 12.0. The van der Waals surface area contributed by atoms with E-state index in [0.717, 1.165) is 12.8 Å². The van der Waals surface area contributed by atoms with Gasteiger partial charge in [-0.3, -0.25) is 9.52 Å². The lowest BCUT2D eigenvalue weighted by Gasteiger charge is -2.10. The number of rotatable bonds is 10. The van der Waals surface area contributed by atoms with Crippen LogP contribution in [0, 0.1) is 0 Å². The maximum Gasteiger partial charge on any atom is 0.255 e. The lowest BCUT2D eigenvalue weighted by molar-refractivity contribution is 0.102. The third-order valence-corrected chi connectivity index (χ3v) is 6.77. The molecule has 0 aliphatic rings. The molecule has 0 atom stereocenters. The van der Waals surface area contributed by atoms with Gasteiger partial charge in [0.15, 0.2) is 0 Å². The predicted octanol–water partition coefficient (Wildman–Crippen LogP) is 2.78. The van der Waals surface area contributed by atoms with Crippen molar-refractivity contribution in [1.82, 2.24) is 4.72 Å². The Bertz CT molecular complexity index is 1070. The monoisotopic (exact) mass is 439 g/mol. The van der Waals surface area contributed by atoms with Crippen molar-refractivity contribution in [3.63, 3.8) is 0 Å². The number of hydrogen-bond acceptors (Lipinski definition) is 5. The molecule has 0 heterocycles. The Kier molecular flexibility index (Phi) is 7.77. The van der Waals surface area contributed by atoms with Crippen LogP contribution in [0.2, 0.25) is 0 Å². The van der Waals surface area contributed by atoms with Crippen molar-refractivity contribution < 1.29 is 21.6 Å². The van der Waals surface area contributed by atoms with Crippen LogP contribution >= 0.6 is 0 Å². The van der Waals surface area contributed by atoms with Crippen molar-refractivity contribution in [1.29, 1.82) is 0 Å². The number of benzene rings is 2. The third-order valence-electron chi connectivity index (χ3n) is 4.00. The summed E-state index contributed by atoms with van der Waals surface area (Å²) in [5, 5.41) is 2.63. The third kappa shape index (κ3) is 6.84. The minimum absolute atomic E-state index is 0.0517. The molecule has 3 N–H and O–H groups in total. The van der Waals surface area contributed by atoms with E-state index in [2.05, 4.69) is 14.8 Å². The summed E-state index contributed by atoms with van der Waals surface area (Å²) < 4.78 is 53.0. The summed E-state index contributed by atoms with van der Waals surface area (Å²) in [7, 11) is -7.12. The normalized spacial score (nSPS) is 11.8. The smallest absolute Gasteiger partial charge is 0.255 e. The first-order valence-corrected chi connectivity index (χ1v) is 12.3. The maximum atomic E-state index is 12.5. The molecule has 10 heteroatoms. The van der Waals surface area contributed by atoms with Crippen LogP contribution in [0.5, 0.6) is 0 Å². The number of nitrogens with one attached hydrogen (secondary N) is 3. The molecule has 2 rings (SSSR count). The van der Waals surface area contributed by atoms with Gasteiger partial charge in [-0.2, -0.15) is 0 Å². The van der Waals surface area contributed by atoms with Gasteiger partial charge in [-0.15, -0.1) is 0 Å². The second-order valence-electron chi connectivity index (χ2n) is 6.32. The molecular formula is C19H25N3O5S2. The van der Waals surface area contributed by atoms with E-state index >= 15 is 0 Å². The highest BCUT2D eigenvalue weighted by Crippen LogP contribution is 2.18. The van der Waals surface area contributed by atoms with Gasteiger partial charge in [-0.05, 0) is 49.7 Å². The molecule has 1 amide bonds. The summed E-state index contributed by atoms with van der Waals surface area (Å²) in [4.78, 5) is 12.6. The zero-order chi connectivity index (χ0) is 21.5. The van der Waals surface area contributed by atoms with Gasteiger partial charge in [0, 0.05) is 23.5 Å². The lowest BCUT2D eigenvalue weighted by atomic mass is 10.2. The largest absolute Gasteiger partial charge is 0.322 e. The first-order valence-electron chi connectivity index (χ1n) is 9.18. The van der Waals surface area contributed by atoms with E-state index < -0.39 is 26.0 Å². The second-order valence-corrected chi connectivity index (χ2v) is 10.1. The van der Waals surface area contributed by atoms with Crippen molar-refractivity contribution >= 4 is 37.3 Å². The molecule has 8 nitrogen and oxygen atoms in total. The minimum atomic E-state index is -3.66. The first-order chi connectivity index (χ1) is 13.7. The van der Waals surface area contributed by atoms with Gasteiger partial charge < -0.3 is 5.32 Å². The molecule has 0 aliphatic carbocycles. The van der Waals surface area contributed by atoms with Gasteiger partial charge in [0.05, 0.1) is 10.6 Å². The molecule has 2 aromatic carbocycles. The average molecular weight is 440 g/mol. The molecule has 0 aliphatic heterocycles. The van der Waals surface area contributed by atoms with Crippen molar-refractivity contribution in [3.05, 3.63) is 54.1 Å². The highest BCUT2D eigenvalue weighted by atomic mass is 32.2. The summed E-state index contributed by atoms with van der Waals surface area (Å²) in [6.07, 6.45) is 1.60. The topological polar surface area (TPSA) is 121 Å². The highest BCUT2D eigenvalue weighted by Gasteiger charge is 2.15. The maximum absolute atomic E-state index is 12.5. The molecule has 0 radical (unpaired) electrons. The molecule has 0 bridgehead atoms. The Morgan fingerprint density at radius 3 is 2.31 bits per heavy atom. The Morgan fingerprint density at radius 1 is 0.931 bits per heavy atom. The molecule has 0 spiro atoms. The zero-order valence-electron chi connectivity index (χ0n) is 16.3. The summed E-state index contributed by atoms with van der Waals surface area (Å²) in [6.45, 7) is 3.82. The number of carbonyl (C=O) groups excluding carboxylic acids is 1. The molecule has 2 aromatic rings. The fourth-order valence-electron chi connectivity index (χ4n) is 2.39. The zero-order valence-corrected chi connectivity index (χ0v) is 17.9. The molecule has 0 unspecified atom stereocenters. The number of anilines is 2. The van der Waals surface area contributed by atoms with E-state index in [9.17, 15) is 21.6 Å². The molecule has 158 valence electrons. The van der Waals surface area contributed by atoms with Gasteiger partial charge in [0.2, 0.25) is 20.0 Å². The van der Waals surface area contributed by atoms with Crippen molar-refractivity contribution in [2.75, 3.05) is 22.3 Å². The molecule has 29 heavy (non-hydrogen) atoms. The van der Waals surface area contributed by atoms with Crippen molar-refractivity contribution in [3.8, 4) is 0 Å². The van der Waals surface area contributed by atoms with Crippen LogP contribution in [0.4, 0.5) is 11.4 Å². The molecule has 0 saturated carbocycles. The van der Waals surface area contributed by atoms with E-state index in [0.29, 0.717) is 12.2 Å². The Balaban J connectivity index is 2.15. The van der Waals surface area contributed by atoms with E-state index in [-0.39, 0.29) is 21.9 Å². The van der Waals surface area contributed by atoms with Gasteiger partial charge in [-0.1, -0.05) is 25.5 Å². The van der Waals surface area contributed by atoms with Crippen LogP contribution in [0.15, 0.2) is 53.4 Å². The Labute approximate surface area is 171 Å². The summed E-state index contributed by atoms with van der Waals surface area (Å²) in [5.41, 5.74) is 0.819. The number of carbonyl (C=O) groups is 1. The number of amides is 1. The predicted molar refractivity (Wildman–Crippen MR) is 114 cm³/mol. The van der Waals surface area contributed by atoms with Gasteiger partial charge >= 0.3 is 0 Å². The molecular weight excluding hydrogens is 414 g/mol. The van der Waals surface area contributed by atoms with Crippen LogP contribution in [-0.4, -0.2) is 35.0 Å². The fourth-order valence-corrected chi connectivity index (χ4v) is 4.14. The lowest BCUT2D eigenvalue weighted by Crippen LogP contribution is -2.24. The SMILES string of the molecule is CCCCNS(=O)(=O)c1cccc(NC(=O)c2cccc(NS(=O)(=O)CC)c2)c1. The summed E-state index contributed by atoms with van der Waals surface area (Å²) >= 11 is 0. The number of sulfonamides is 2. The van der Waals surface area contributed by atoms with Crippen molar-refractivity contribution in [2.45, 2.75) is 31.6 Å². The summed E-state index contributed by atoms with van der Waals surface area (Å²) in [5.74, 6) is -0.576. The Hall–Kier alpha value is -2.43. The van der Waals surface area contributed by atoms with Crippen LogP contribution in [0.25, 0.3) is 0 Å². The standard InChI is InChI=1S/C19H25N3O5S2/c1-3-5-12-20-29(26,27)18-11-7-9-16(14-18)21-19(23)15-8-6-10-17(13-15)22-28(24,25)4-2/h6-11,13-14,20,22H,3-5,12H2,1-2H3,(H,21,23). The van der Waals surface area contributed by atoms with Crippen LogP contribution in [0.3, 0.4) is 0 Å².